The number of aromatic nitrogens is 1. The highest BCUT2D eigenvalue weighted by atomic mass is 16.6. The van der Waals surface area contributed by atoms with Gasteiger partial charge in [0.15, 0.2) is 0 Å². The molecule has 0 bridgehead atoms. The van der Waals surface area contributed by atoms with Crippen LogP contribution in [0, 0.1) is 11.3 Å². The first kappa shape index (κ1) is 16.6. The monoisotopic (exact) mass is 312 g/mol. The molecule has 0 fully saturated rings. The van der Waals surface area contributed by atoms with Crippen LogP contribution in [0.3, 0.4) is 0 Å². The van der Waals surface area contributed by atoms with E-state index in [1.54, 1.807) is 27.0 Å². The van der Waals surface area contributed by atoms with Crippen molar-refractivity contribution in [3.63, 3.8) is 0 Å². The number of hydrazone groups is 1. The van der Waals surface area contributed by atoms with Crippen LogP contribution in [-0.4, -0.2) is 22.5 Å². The van der Waals surface area contributed by atoms with E-state index in [0.717, 1.165) is 16.5 Å². The fraction of sp³-hybridized carbons (Fsp3) is 0.353. The van der Waals surface area contributed by atoms with Crippen LogP contribution in [-0.2, 0) is 11.3 Å². The molecule has 0 saturated carbocycles. The normalized spacial score (nSPS) is 11.6. The molecular weight excluding hydrogens is 292 g/mol. The molecule has 0 aliphatic rings. The van der Waals surface area contributed by atoms with Crippen LogP contribution in [0.25, 0.3) is 10.9 Å². The zero-order valence-electron chi connectivity index (χ0n) is 13.5. The number of hydrogen-bond donors (Lipinski definition) is 1. The number of nitriles is 1. The minimum Gasteiger partial charge on any atom is -0.443 e. The molecule has 0 aliphatic carbocycles. The standard InChI is InChI=1S/C17H20N4O2/c1-17(2,3)23-16(22)20-19-11-13-12-21(10-6-9-18)15-8-5-4-7-14(13)15/h4-5,7-8,11-12H,6,10H2,1-3H3,(H,20,22)/b19-11-. The van der Waals surface area contributed by atoms with E-state index < -0.39 is 11.7 Å². The number of fused-ring (bicyclic) bond motifs is 1. The van der Waals surface area contributed by atoms with Gasteiger partial charge < -0.3 is 9.30 Å². The second-order valence-electron chi connectivity index (χ2n) is 6.07. The van der Waals surface area contributed by atoms with Gasteiger partial charge in [0.05, 0.1) is 18.7 Å². The summed E-state index contributed by atoms with van der Waals surface area (Å²) in [5, 5.41) is 13.7. The van der Waals surface area contributed by atoms with Crippen molar-refractivity contribution < 1.29 is 9.53 Å². The van der Waals surface area contributed by atoms with Crippen LogP contribution in [0.4, 0.5) is 4.79 Å². The molecule has 0 spiro atoms. The lowest BCUT2D eigenvalue weighted by molar-refractivity contribution is 0.0529. The highest BCUT2D eigenvalue weighted by Crippen LogP contribution is 2.20. The lowest BCUT2D eigenvalue weighted by Gasteiger charge is -2.18. The minimum atomic E-state index is -0.595. The summed E-state index contributed by atoms with van der Waals surface area (Å²) >= 11 is 0. The Morgan fingerprint density at radius 3 is 2.87 bits per heavy atom. The third kappa shape index (κ3) is 4.58. The second-order valence-corrected chi connectivity index (χ2v) is 6.07. The van der Waals surface area contributed by atoms with Gasteiger partial charge in [0, 0.05) is 29.2 Å². The van der Waals surface area contributed by atoms with Crippen LogP contribution in [0.1, 0.15) is 32.8 Å². The first-order chi connectivity index (χ1) is 10.9. The molecule has 1 amide bonds. The highest BCUT2D eigenvalue weighted by molar-refractivity contribution is 5.99. The summed E-state index contributed by atoms with van der Waals surface area (Å²) in [6.07, 6.45) is 3.34. The van der Waals surface area contributed by atoms with E-state index >= 15 is 0 Å². The Morgan fingerprint density at radius 2 is 2.17 bits per heavy atom. The van der Waals surface area contributed by atoms with Gasteiger partial charge in [-0.2, -0.15) is 10.4 Å². The van der Waals surface area contributed by atoms with Crippen molar-refractivity contribution in [2.24, 2.45) is 5.10 Å². The number of ether oxygens (including phenoxy) is 1. The molecule has 2 rings (SSSR count). The Morgan fingerprint density at radius 1 is 1.43 bits per heavy atom. The summed E-state index contributed by atoms with van der Waals surface area (Å²) < 4.78 is 7.12. The van der Waals surface area contributed by atoms with E-state index in [2.05, 4.69) is 16.6 Å². The number of benzene rings is 1. The van der Waals surface area contributed by atoms with Gasteiger partial charge in [-0.25, -0.2) is 10.2 Å². The van der Waals surface area contributed by atoms with Crippen molar-refractivity contribution in [3.05, 3.63) is 36.0 Å². The predicted molar refractivity (Wildman–Crippen MR) is 89.1 cm³/mol. The number of amides is 1. The number of aryl methyl sites for hydroxylation is 1. The number of para-hydroxylation sites is 1. The van der Waals surface area contributed by atoms with Gasteiger partial charge in [0.25, 0.3) is 0 Å². The zero-order chi connectivity index (χ0) is 16.9. The maximum absolute atomic E-state index is 11.6. The summed E-state index contributed by atoms with van der Waals surface area (Å²) in [7, 11) is 0. The summed E-state index contributed by atoms with van der Waals surface area (Å²) in [6, 6.07) is 10.0. The smallest absolute Gasteiger partial charge is 0.428 e. The molecule has 2 aromatic rings. The molecule has 23 heavy (non-hydrogen) atoms. The molecule has 6 heteroatoms. The van der Waals surface area contributed by atoms with Crippen molar-refractivity contribution in [3.8, 4) is 6.07 Å². The van der Waals surface area contributed by atoms with E-state index in [-0.39, 0.29) is 0 Å². The van der Waals surface area contributed by atoms with E-state index in [0.29, 0.717) is 13.0 Å². The number of nitrogens with zero attached hydrogens (tertiary/aromatic N) is 3. The fourth-order valence-corrected chi connectivity index (χ4v) is 2.19. The van der Waals surface area contributed by atoms with Crippen LogP contribution < -0.4 is 5.43 Å². The van der Waals surface area contributed by atoms with Gasteiger partial charge in [-0.05, 0) is 26.8 Å². The maximum Gasteiger partial charge on any atom is 0.428 e. The van der Waals surface area contributed by atoms with Crippen molar-refractivity contribution in [2.45, 2.75) is 39.3 Å². The predicted octanol–water partition coefficient (Wildman–Crippen LogP) is 3.41. The van der Waals surface area contributed by atoms with Crippen LogP contribution in [0.2, 0.25) is 0 Å². The van der Waals surface area contributed by atoms with E-state index in [1.165, 1.54) is 0 Å². The summed E-state index contributed by atoms with van der Waals surface area (Å²) in [5.74, 6) is 0. The first-order valence-electron chi connectivity index (χ1n) is 7.37. The van der Waals surface area contributed by atoms with E-state index in [4.69, 9.17) is 10.00 Å². The summed E-state index contributed by atoms with van der Waals surface area (Å²) in [4.78, 5) is 11.6. The van der Waals surface area contributed by atoms with E-state index in [1.807, 2.05) is 35.0 Å². The molecule has 1 N–H and O–H groups in total. The number of hydrogen-bond acceptors (Lipinski definition) is 4. The lowest BCUT2D eigenvalue weighted by atomic mass is 10.2. The molecule has 1 aromatic heterocycles. The van der Waals surface area contributed by atoms with Gasteiger partial charge in [-0.3, -0.25) is 0 Å². The van der Waals surface area contributed by atoms with Crippen molar-refractivity contribution >= 4 is 23.2 Å². The molecule has 1 heterocycles. The molecule has 0 saturated heterocycles. The Hall–Kier alpha value is -2.81. The average Bonchev–Trinajstić information content (AvgIpc) is 2.82. The third-order valence-corrected chi connectivity index (χ3v) is 3.04. The van der Waals surface area contributed by atoms with Gasteiger partial charge in [0.2, 0.25) is 0 Å². The van der Waals surface area contributed by atoms with Gasteiger partial charge >= 0.3 is 6.09 Å². The Labute approximate surface area is 135 Å². The molecule has 0 radical (unpaired) electrons. The molecule has 0 aliphatic heterocycles. The van der Waals surface area contributed by atoms with Crippen molar-refractivity contribution in [1.82, 2.24) is 9.99 Å². The molecule has 0 atom stereocenters. The fourth-order valence-electron chi connectivity index (χ4n) is 2.19. The first-order valence-corrected chi connectivity index (χ1v) is 7.37. The van der Waals surface area contributed by atoms with Crippen molar-refractivity contribution in [2.75, 3.05) is 0 Å². The summed E-state index contributed by atoms with van der Waals surface area (Å²) in [5.41, 5.74) is 3.69. The largest absolute Gasteiger partial charge is 0.443 e. The molecule has 1 aromatic carbocycles. The van der Waals surface area contributed by atoms with Gasteiger partial charge in [0.1, 0.15) is 5.60 Å². The SMILES string of the molecule is CC(C)(C)OC(=O)N/N=C\c1cn(CCC#N)c2ccccc12. The van der Waals surface area contributed by atoms with Crippen LogP contribution >= 0.6 is 0 Å². The number of rotatable bonds is 4. The average molecular weight is 312 g/mol. The molecule has 120 valence electrons. The Balaban J connectivity index is 2.15. The maximum atomic E-state index is 11.6. The lowest BCUT2D eigenvalue weighted by Crippen LogP contribution is -2.29. The Kier molecular flexibility index (Phi) is 5.02. The van der Waals surface area contributed by atoms with E-state index in [9.17, 15) is 4.79 Å². The number of carbonyl (C=O) groups is 1. The number of nitrogens with one attached hydrogen (secondary N) is 1. The highest BCUT2D eigenvalue weighted by Gasteiger charge is 2.15. The summed E-state index contributed by atoms with van der Waals surface area (Å²) in [6.45, 7) is 5.99. The molecule has 0 unspecified atom stereocenters. The quantitative estimate of drug-likeness (QED) is 0.694. The van der Waals surface area contributed by atoms with Crippen LogP contribution in [0.15, 0.2) is 35.6 Å². The van der Waals surface area contributed by atoms with Gasteiger partial charge in [-0.15, -0.1) is 0 Å². The third-order valence-electron chi connectivity index (χ3n) is 3.04. The van der Waals surface area contributed by atoms with Gasteiger partial charge in [-0.1, -0.05) is 18.2 Å². The Bertz CT molecular complexity index is 763. The second kappa shape index (κ2) is 6.97. The topological polar surface area (TPSA) is 79.4 Å². The zero-order valence-corrected chi connectivity index (χ0v) is 13.5. The van der Waals surface area contributed by atoms with Crippen LogP contribution in [0.5, 0.6) is 0 Å². The minimum absolute atomic E-state index is 0.436. The molecule has 6 nitrogen and oxygen atoms in total. The molecular formula is C17H20N4O2. The number of carbonyl (C=O) groups excluding carboxylic acids is 1. The van der Waals surface area contributed by atoms with Crippen molar-refractivity contribution in [1.29, 1.82) is 5.26 Å².